The van der Waals surface area contributed by atoms with Gasteiger partial charge in [0.1, 0.15) is 0 Å². The number of amides is 2. The van der Waals surface area contributed by atoms with Crippen LogP contribution in [-0.4, -0.2) is 18.4 Å². The van der Waals surface area contributed by atoms with E-state index >= 15 is 0 Å². The van der Waals surface area contributed by atoms with Gasteiger partial charge in [0.2, 0.25) is 11.8 Å². The summed E-state index contributed by atoms with van der Waals surface area (Å²) >= 11 is 0. The normalized spacial score (nSPS) is 11.8. The monoisotopic (exact) mass is 219 g/mol. The summed E-state index contributed by atoms with van der Waals surface area (Å²) in [4.78, 5) is 22.2. The van der Waals surface area contributed by atoms with Crippen molar-refractivity contribution in [3.05, 3.63) is 42.3 Å². The van der Waals surface area contributed by atoms with Crippen molar-refractivity contribution in [1.82, 2.24) is 5.32 Å². The molecule has 1 rings (SSSR count). The maximum Gasteiger partial charge on any atom is 0.228 e. The van der Waals surface area contributed by atoms with Crippen molar-refractivity contribution in [3.63, 3.8) is 0 Å². The Morgan fingerprint density at radius 1 is 1.38 bits per heavy atom. The van der Waals surface area contributed by atoms with Gasteiger partial charge in [-0.1, -0.05) is 37.3 Å². The lowest BCUT2D eigenvalue weighted by atomic mass is 10.1. The van der Waals surface area contributed by atoms with E-state index in [1.54, 1.807) is 6.92 Å². The molecule has 0 heterocycles. The molecule has 1 unspecified atom stereocenters. The van der Waals surface area contributed by atoms with Crippen molar-refractivity contribution in [1.29, 1.82) is 0 Å². The molecule has 0 fully saturated rings. The van der Waals surface area contributed by atoms with Crippen molar-refractivity contribution in [2.75, 3.05) is 6.54 Å². The largest absolute Gasteiger partial charge is 0.369 e. The fourth-order valence-electron chi connectivity index (χ4n) is 1.11. The summed E-state index contributed by atoms with van der Waals surface area (Å²) in [5.74, 6) is -0.993. The lowest BCUT2D eigenvalue weighted by Gasteiger charge is -2.08. The van der Waals surface area contributed by atoms with Crippen LogP contribution in [0.2, 0.25) is 0 Å². The van der Waals surface area contributed by atoms with E-state index in [2.05, 4.69) is 5.32 Å². The number of nitrogens with one attached hydrogen (secondary N) is 1. The Hall–Kier alpha value is -1.84. The van der Waals surface area contributed by atoms with Gasteiger partial charge in [-0.05, 0) is 5.56 Å². The Bertz CT molecular complexity index is 363. The summed E-state index contributed by atoms with van der Waals surface area (Å²) in [6.07, 6.45) is 1.48. The summed E-state index contributed by atoms with van der Waals surface area (Å²) in [5, 5.41) is 2.62. The van der Waals surface area contributed by atoms with Gasteiger partial charge in [0.05, 0.1) is 12.3 Å². The average molecular weight is 219 g/mol. The zero-order valence-electron chi connectivity index (χ0n) is 9.14. The predicted octanol–water partition coefficient (Wildman–Crippen LogP) is 0.477. The molecular weight excluding hydrogens is 204 g/mol. The van der Waals surface area contributed by atoms with E-state index in [1.165, 1.54) is 6.42 Å². The Labute approximate surface area is 94.8 Å². The molecule has 0 saturated heterocycles. The van der Waals surface area contributed by atoms with Gasteiger partial charge in [0, 0.05) is 6.54 Å². The van der Waals surface area contributed by atoms with Crippen LogP contribution in [-0.2, 0) is 9.59 Å². The molecule has 0 aromatic heterocycles. The molecule has 1 aromatic carbocycles. The van der Waals surface area contributed by atoms with Crippen LogP contribution < -0.4 is 11.1 Å². The van der Waals surface area contributed by atoms with Crippen LogP contribution in [0.15, 0.2) is 30.3 Å². The molecule has 0 aliphatic heterocycles. The molecular formula is C12H15N2O2. The number of hydrogen-bond donors (Lipinski definition) is 2. The maximum absolute atomic E-state index is 11.4. The van der Waals surface area contributed by atoms with Gasteiger partial charge in [-0.3, -0.25) is 9.59 Å². The van der Waals surface area contributed by atoms with Gasteiger partial charge in [0.25, 0.3) is 0 Å². The number of carbonyl (C=O) groups is 2. The van der Waals surface area contributed by atoms with E-state index in [9.17, 15) is 9.59 Å². The number of primary amides is 1. The van der Waals surface area contributed by atoms with Crippen LogP contribution in [0.3, 0.4) is 0 Å². The molecule has 0 bridgehead atoms. The third-order valence-corrected chi connectivity index (χ3v) is 2.17. The summed E-state index contributed by atoms with van der Waals surface area (Å²) in [7, 11) is 0. The second kappa shape index (κ2) is 5.90. The van der Waals surface area contributed by atoms with Crippen molar-refractivity contribution >= 4 is 11.8 Å². The van der Waals surface area contributed by atoms with E-state index in [-0.39, 0.29) is 18.4 Å². The van der Waals surface area contributed by atoms with Gasteiger partial charge < -0.3 is 11.1 Å². The van der Waals surface area contributed by atoms with Gasteiger partial charge in [-0.25, -0.2) is 0 Å². The number of nitrogens with two attached hydrogens (primary N) is 1. The Morgan fingerprint density at radius 3 is 2.56 bits per heavy atom. The Balaban J connectivity index is 2.35. The number of benzene rings is 1. The third-order valence-electron chi connectivity index (χ3n) is 2.17. The van der Waals surface area contributed by atoms with E-state index in [4.69, 9.17) is 5.73 Å². The molecule has 2 amide bonds. The molecule has 0 saturated carbocycles. The van der Waals surface area contributed by atoms with Gasteiger partial charge in [-0.15, -0.1) is 0 Å². The van der Waals surface area contributed by atoms with Gasteiger partial charge in [-0.2, -0.15) is 0 Å². The van der Waals surface area contributed by atoms with Crippen LogP contribution in [0.4, 0.5) is 0 Å². The van der Waals surface area contributed by atoms with Crippen molar-refractivity contribution in [3.8, 4) is 0 Å². The second-order valence-corrected chi connectivity index (χ2v) is 3.60. The fraction of sp³-hybridized carbons (Fsp3) is 0.250. The van der Waals surface area contributed by atoms with Crippen LogP contribution in [0.1, 0.15) is 12.5 Å². The topological polar surface area (TPSA) is 72.2 Å². The first-order valence-corrected chi connectivity index (χ1v) is 5.06. The highest BCUT2D eigenvalue weighted by Crippen LogP contribution is 2.01. The molecule has 0 aliphatic rings. The lowest BCUT2D eigenvalue weighted by Crippen LogP contribution is -2.34. The van der Waals surface area contributed by atoms with Crippen LogP contribution >= 0.6 is 0 Å². The molecule has 16 heavy (non-hydrogen) atoms. The summed E-state index contributed by atoms with van der Waals surface area (Å²) in [6, 6.07) is 9.24. The van der Waals surface area contributed by atoms with E-state index in [0.717, 1.165) is 5.56 Å². The van der Waals surface area contributed by atoms with E-state index in [0.29, 0.717) is 0 Å². The predicted molar refractivity (Wildman–Crippen MR) is 61.2 cm³/mol. The Morgan fingerprint density at radius 2 is 2.00 bits per heavy atom. The molecule has 1 aromatic rings. The molecule has 4 nitrogen and oxygen atoms in total. The highest BCUT2D eigenvalue weighted by molar-refractivity contribution is 5.88. The third kappa shape index (κ3) is 4.13. The summed E-state index contributed by atoms with van der Waals surface area (Å²) < 4.78 is 0. The molecule has 85 valence electrons. The first kappa shape index (κ1) is 12.2. The zero-order valence-corrected chi connectivity index (χ0v) is 9.14. The molecule has 4 heteroatoms. The maximum atomic E-state index is 11.4. The molecule has 1 atom stereocenters. The highest BCUT2D eigenvalue weighted by Gasteiger charge is 2.10. The highest BCUT2D eigenvalue weighted by atomic mass is 16.2. The molecule has 0 aliphatic carbocycles. The number of hydrogen-bond acceptors (Lipinski definition) is 2. The lowest BCUT2D eigenvalue weighted by molar-refractivity contribution is -0.121. The van der Waals surface area contributed by atoms with E-state index < -0.39 is 5.91 Å². The minimum atomic E-state index is -0.417. The molecule has 1 radical (unpaired) electrons. The first-order valence-electron chi connectivity index (χ1n) is 5.06. The van der Waals surface area contributed by atoms with E-state index in [1.807, 2.05) is 30.3 Å². The second-order valence-electron chi connectivity index (χ2n) is 3.60. The van der Waals surface area contributed by atoms with Crippen molar-refractivity contribution in [2.24, 2.45) is 11.7 Å². The zero-order chi connectivity index (χ0) is 12.0. The van der Waals surface area contributed by atoms with Crippen molar-refractivity contribution < 1.29 is 9.59 Å². The average Bonchev–Trinajstić information content (AvgIpc) is 2.27. The smallest absolute Gasteiger partial charge is 0.228 e. The fourth-order valence-corrected chi connectivity index (χ4v) is 1.11. The SMILES string of the molecule is CC(CNC(=O)[CH]c1ccccc1)C(N)=O. The first-order chi connectivity index (χ1) is 7.59. The Kier molecular flexibility index (Phi) is 4.51. The van der Waals surface area contributed by atoms with Gasteiger partial charge in [0.15, 0.2) is 0 Å². The van der Waals surface area contributed by atoms with Crippen molar-refractivity contribution in [2.45, 2.75) is 6.92 Å². The standard InChI is InChI=1S/C12H15N2O2/c1-9(12(13)16)8-14-11(15)7-10-5-3-2-4-6-10/h2-7,9H,8H2,1H3,(H2,13,16)(H,14,15). The number of rotatable bonds is 5. The minimum Gasteiger partial charge on any atom is -0.369 e. The number of carbonyl (C=O) groups excluding carboxylic acids is 2. The van der Waals surface area contributed by atoms with Crippen LogP contribution in [0.5, 0.6) is 0 Å². The molecule has 3 N–H and O–H groups in total. The minimum absolute atomic E-state index is 0.223. The molecule has 0 spiro atoms. The summed E-state index contributed by atoms with van der Waals surface area (Å²) in [6.45, 7) is 1.93. The van der Waals surface area contributed by atoms with Crippen LogP contribution in [0, 0.1) is 12.3 Å². The quantitative estimate of drug-likeness (QED) is 0.756. The summed E-state index contributed by atoms with van der Waals surface area (Å²) in [5.41, 5.74) is 5.90. The van der Waals surface area contributed by atoms with Gasteiger partial charge >= 0.3 is 0 Å². The van der Waals surface area contributed by atoms with Crippen LogP contribution in [0.25, 0.3) is 0 Å².